The molecule has 3 rings (SSSR count). The second-order valence-corrected chi connectivity index (χ2v) is 7.60. The topological polar surface area (TPSA) is 51.0 Å². The minimum atomic E-state index is 0.196. The van der Waals surface area contributed by atoms with Gasteiger partial charge in [0, 0.05) is 5.92 Å². The SMILES string of the molecule is CCC1CCC(c2noc(C3NCCCC3(C)C)n2)CC1. The molecule has 1 saturated heterocycles. The molecule has 1 N–H and O–H groups in total. The summed E-state index contributed by atoms with van der Waals surface area (Å²) in [7, 11) is 0. The first-order valence-corrected chi connectivity index (χ1v) is 8.67. The lowest BCUT2D eigenvalue weighted by molar-refractivity contribution is 0.146. The maximum atomic E-state index is 5.62. The highest BCUT2D eigenvalue weighted by atomic mass is 16.5. The van der Waals surface area contributed by atoms with E-state index in [4.69, 9.17) is 9.51 Å². The van der Waals surface area contributed by atoms with Gasteiger partial charge in [-0.15, -0.1) is 0 Å². The zero-order chi connectivity index (χ0) is 14.9. The molecule has 118 valence electrons. The van der Waals surface area contributed by atoms with Crippen LogP contribution in [0.5, 0.6) is 0 Å². The fraction of sp³-hybridized carbons (Fsp3) is 0.882. The largest absolute Gasteiger partial charge is 0.338 e. The first-order valence-electron chi connectivity index (χ1n) is 8.67. The first-order chi connectivity index (χ1) is 10.1. The van der Waals surface area contributed by atoms with E-state index >= 15 is 0 Å². The molecular weight excluding hydrogens is 262 g/mol. The zero-order valence-corrected chi connectivity index (χ0v) is 13.7. The van der Waals surface area contributed by atoms with Gasteiger partial charge in [0.2, 0.25) is 5.89 Å². The molecule has 4 nitrogen and oxygen atoms in total. The summed E-state index contributed by atoms with van der Waals surface area (Å²) in [6, 6.07) is 0.208. The van der Waals surface area contributed by atoms with Crippen molar-refractivity contribution in [1.82, 2.24) is 15.5 Å². The molecule has 1 aliphatic carbocycles. The van der Waals surface area contributed by atoms with Crippen LogP contribution >= 0.6 is 0 Å². The number of piperidine rings is 1. The quantitative estimate of drug-likeness (QED) is 0.906. The number of nitrogens with zero attached hydrogens (tertiary/aromatic N) is 2. The van der Waals surface area contributed by atoms with Crippen LogP contribution in [0.2, 0.25) is 0 Å². The summed E-state index contributed by atoms with van der Waals surface area (Å²) in [5.41, 5.74) is 0.196. The molecule has 4 heteroatoms. The summed E-state index contributed by atoms with van der Waals surface area (Å²) in [5.74, 6) is 3.17. The molecule has 2 heterocycles. The number of nitrogens with one attached hydrogen (secondary N) is 1. The van der Waals surface area contributed by atoms with E-state index in [2.05, 4.69) is 31.2 Å². The highest BCUT2D eigenvalue weighted by Crippen LogP contribution is 2.41. The van der Waals surface area contributed by atoms with Crippen molar-refractivity contribution in [3.8, 4) is 0 Å². The summed E-state index contributed by atoms with van der Waals surface area (Å²) in [5, 5.41) is 7.87. The Kier molecular flexibility index (Phi) is 4.34. The Hall–Kier alpha value is -0.900. The molecule has 0 aromatic carbocycles. The molecule has 1 saturated carbocycles. The normalized spacial score (nSPS) is 33.0. The van der Waals surface area contributed by atoms with Crippen LogP contribution in [0.15, 0.2) is 4.52 Å². The van der Waals surface area contributed by atoms with E-state index in [0.29, 0.717) is 5.92 Å². The van der Waals surface area contributed by atoms with E-state index in [1.54, 1.807) is 0 Å². The minimum Gasteiger partial charge on any atom is -0.338 e. The summed E-state index contributed by atoms with van der Waals surface area (Å²) >= 11 is 0. The van der Waals surface area contributed by atoms with Crippen molar-refractivity contribution in [2.45, 2.75) is 77.7 Å². The Morgan fingerprint density at radius 1 is 1.24 bits per heavy atom. The molecule has 2 fully saturated rings. The van der Waals surface area contributed by atoms with Crippen LogP contribution in [0.4, 0.5) is 0 Å². The molecule has 1 aromatic rings. The molecule has 0 amide bonds. The van der Waals surface area contributed by atoms with Gasteiger partial charge in [0.15, 0.2) is 5.82 Å². The lowest BCUT2D eigenvalue weighted by Gasteiger charge is -2.36. The van der Waals surface area contributed by atoms with E-state index in [-0.39, 0.29) is 11.5 Å². The number of rotatable bonds is 3. The lowest BCUT2D eigenvalue weighted by Crippen LogP contribution is -2.39. The maximum Gasteiger partial charge on any atom is 0.244 e. The van der Waals surface area contributed by atoms with Crippen molar-refractivity contribution >= 4 is 0 Å². The van der Waals surface area contributed by atoms with Gasteiger partial charge in [0.05, 0.1) is 6.04 Å². The van der Waals surface area contributed by atoms with Crippen molar-refractivity contribution in [2.24, 2.45) is 11.3 Å². The second-order valence-electron chi connectivity index (χ2n) is 7.60. The van der Waals surface area contributed by atoms with Gasteiger partial charge < -0.3 is 9.84 Å². The predicted octanol–water partition coefficient (Wildman–Crippen LogP) is 4.20. The Morgan fingerprint density at radius 2 is 2.00 bits per heavy atom. The molecule has 0 radical (unpaired) electrons. The van der Waals surface area contributed by atoms with Gasteiger partial charge in [-0.05, 0) is 56.4 Å². The number of hydrogen-bond donors (Lipinski definition) is 1. The average Bonchev–Trinajstić information content (AvgIpc) is 2.96. The van der Waals surface area contributed by atoms with E-state index in [0.717, 1.165) is 24.2 Å². The van der Waals surface area contributed by atoms with Gasteiger partial charge in [0.25, 0.3) is 0 Å². The number of aromatic nitrogens is 2. The van der Waals surface area contributed by atoms with Gasteiger partial charge >= 0.3 is 0 Å². The average molecular weight is 291 g/mol. The molecule has 1 aliphatic heterocycles. The zero-order valence-electron chi connectivity index (χ0n) is 13.7. The smallest absolute Gasteiger partial charge is 0.244 e. The molecule has 0 bridgehead atoms. The van der Waals surface area contributed by atoms with Crippen molar-refractivity contribution in [3.05, 3.63) is 11.7 Å². The Balaban J connectivity index is 1.69. The van der Waals surface area contributed by atoms with Crippen molar-refractivity contribution in [2.75, 3.05) is 6.54 Å². The van der Waals surface area contributed by atoms with E-state index in [1.807, 2.05) is 0 Å². The van der Waals surface area contributed by atoms with Gasteiger partial charge in [-0.3, -0.25) is 0 Å². The van der Waals surface area contributed by atoms with Gasteiger partial charge in [-0.1, -0.05) is 32.3 Å². The van der Waals surface area contributed by atoms with Crippen LogP contribution in [0.1, 0.15) is 89.4 Å². The third-order valence-corrected chi connectivity index (χ3v) is 5.62. The molecular formula is C17H29N3O. The minimum absolute atomic E-state index is 0.196. The monoisotopic (exact) mass is 291 g/mol. The van der Waals surface area contributed by atoms with E-state index in [1.165, 1.54) is 44.9 Å². The fourth-order valence-electron chi connectivity index (χ4n) is 3.99. The van der Waals surface area contributed by atoms with Crippen LogP contribution in [0.25, 0.3) is 0 Å². The molecule has 1 aromatic heterocycles. The Labute approximate surface area is 128 Å². The Morgan fingerprint density at radius 3 is 2.67 bits per heavy atom. The van der Waals surface area contributed by atoms with Gasteiger partial charge in [-0.25, -0.2) is 0 Å². The van der Waals surface area contributed by atoms with Crippen LogP contribution in [0, 0.1) is 11.3 Å². The summed E-state index contributed by atoms with van der Waals surface area (Å²) in [6.45, 7) is 7.93. The second kappa shape index (κ2) is 6.07. The third-order valence-electron chi connectivity index (χ3n) is 5.62. The lowest BCUT2D eigenvalue weighted by atomic mass is 9.77. The third kappa shape index (κ3) is 3.15. The van der Waals surface area contributed by atoms with Crippen molar-refractivity contribution in [3.63, 3.8) is 0 Å². The fourth-order valence-corrected chi connectivity index (χ4v) is 3.99. The van der Waals surface area contributed by atoms with Crippen LogP contribution in [0.3, 0.4) is 0 Å². The molecule has 2 aliphatic rings. The summed E-state index contributed by atoms with van der Waals surface area (Å²) in [6.07, 6.45) is 8.83. The van der Waals surface area contributed by atoms with Crippen LogP contribution < -0.4 is 5.32 Å². The standard InChI is InChI=1S/C17H29N3O/c1-4-12-6-8-13(9-7-12)15-19-16(21-20-15)14-17(2,3)10-5-11-18-14/h12-14,18H,4-11H2,1-3H3. The number of hydrogen-bond acceptors (Lipinski definition) is 4. The van der Waals surface area contributed by atoms with E-state index in [9.17, 15) is 0 Å². The summed E-state index contributed by atoms with van der Waals surface area (Å²) in [4.78, 5) is 4.76. The summed E-state index contributed by atoms with van der Waals surface area (Å²) < 4.78 is 5.62. The molecule has 1 unspecified atom stereocenters. The van der Waals surface area contributed by atoms with Crippen LogP contribution in [-0.4, -0.2) is 16.7 Å². The highest BCUT2D eigenvalue weighted by molar-refractivity contribution is 5.04. The molecule has 0 spiro atoms. The molecule has 21 heavy (non-hydrogen) atoms. The van der Waals surface area contributed by atoms with Crippen molar-refractivity contribution in [1.29, 1.82) is 0 Å². The van der Waals surface area contributed by atoms with E-state index < -0.39 is 0 Å². The van der Waals surface area contributed by atoms with Crippen molar-refractivity contribution < 1.29 is 4.52 Å². The predicted molar refractivity (Wildman–Crippen MR) is 83.0 cm³/mol. The molecule has 1 atom stereocenters. The highest BCUT2D eigenvalue weighted by Gasteiger charge is 2.37. The maximum absolute atomic E-state index is 5.62. The first kappa shape index (κ1) is 15.0. The Bertz CT molecular complexity index is 460. The van der Waals surface area contributed by atoms with Gasteiger partial charge in [-0.2, -0.15) is 4.98 Å². The van der Waals surface area contributed by atoms with Crippen LogP contribution in [-0.2, 0) is 0 Å². The van der Waals surface area contributed by atoms with Gasteiger partial charge in [0.1, 0.15) is 0 Å².